The number of halogens is 1. The van der Waals surface area contributed by atoms with Gasteiger partial charge in [-0.1, -0.05) is 12.5 Å². The molecule has 1 saturated heterocycles. The average molecular weight is 436 g/mol. The molecule has 0 aliphatic carbocycles. The van der Waals surface area contributed by atoms with Gasteiger partial charge < -0.3 is 19.7 Å². The first-order valence-corrected chi connectivity index (χ1v) is 10.8. The third-order valence-corrected chi connectivity index (χ3v) is 5.62. The van der Waals surface area contributed by atoms with E-state index in [1.54, 1.807) is 19.2 Å². The standard InChI is InChI=1S/C24H26FN5O2/c1-31-22-13-17-21(14-23(22)32-12-6-11-30-9-3-2-4-10-30)27-16-28-24(17)29-20-8-5-7-19(25)18(20)15-26/h5,7-8,13-14,16H,2-4,6,9-12H2,1H3,(H,27,28,29). The molecule has 1 aromatic heterocycles. The minimum Gasteiger partial charge on any atom is -0.493 e. The molecule has 1 aliphatic heterocycles. The van der Waals surface area contributed by atoms with Gasteiger partial charge >= 0.3 is 0 Å². The highest BCUT2D eigenvalue weighted by Gasteiger charge is 2.15. The number of likely N-dealkylation sites (tertiary alicyclic amines) is 1. The molecule has 8 heteroatoms. The van der Waals surface area contributed by atoms with E-state index >= 15 is 0 Å². The molecule has 1 N–H and O–H groups in total. The lowest BCUT2D eigenvalue weighted by Gasteiger charge is -2.26. The van der Waals surface area contributed by atoms with Crippen molar-refractivity contribution in [3.8, 4) is 17.6 Å². The molecular weight excluding hydrogens is 409 g/mol. The van der Waals surface area contributed by atoms with E-state index in [4.69, 9.17) is 9.47 Å². The van der Waals surface area contributed by atoms with Crippen molar-refractivity contribution in [3.63, 3.8) is 0 Å². The number of piperidine rings is 1. The fourth-order valence-corrected chi connectivity index (χ4v) is 3.96. The highest BCUT2D eigenvalue weighted by Crippen LogP contribution is 2.35. The lowest BCUT2D eigenvalue weighted by atomic mass is 10.1. The number of benzene rings is 2. The van der Waals surface area contributed by atoms with Crippen molar-refractivity contribution in [3.05, 3.63) is 48.0 Å². The van der Waals surface area contributed by atoms with Crippen LogP contribution in [-0.2, 0) is 0 Å². The summed E-state index contributed by atoms with van der Waals surface area (Å²) in [5.41, 5.74) is 0.925. The number of hydrogen-bond donors (Lipinski definition) is 1. The normalized spacial score (nSPS) is 14.2. The summed E-state index contributed by atoms with van der Waals surface area (Å²) in [5, 5.41) is 13.0. The van der Waals surface area contributed by atoms with Crippen LogP contribution < -0.4 is 14.8 Å². The third-order valence-electron chi connectivity index (χ3n) is 5.62. The molecule has 166 valence electrons. The number of aromatic nitrogens is 2. The number of anilines is 2. The molecule has 0 saturated carbocycles. The predicted molar refractivity (Wildman–Crippen MR) is 121 cm³/mol. The Morgan fingerprint density at radius 1 is 1.16 bits per heavy atom. The van der Waals surface area contributed by atoms with Crippen molar-refractivity contribution < 1.29 is 13.9 Å². The van der Waals surface area contributed by atoms with Crippen LogP contribution in [0, 0.1) is 17.1 Å². The summed E-state index contributed by atoms with van der Waals surface area (Å²) in [6.07, 6.45) is 6.25. The van der Waals surface area contributed by atoms with E-state index < -0.39 is 5.82 Å². The number of hydrogen-bond acceptors (Lipinski definition) is 7. The average Bonchev–Trinajstić information content (AvgIpc) is 2.82. The number of rotatable bonds is 8. The quantitative estimate of drug-likeness (QED) is 0.516. The van der Waals surface area contributed by atoms with E-state index in [-0.39, 0.29) is 5.56 Å². The van der Waals surface area contributed by atoms with E-state index in [1.807, 2.05) is 12.1 Å². The van der Waals surface area contributed by atoms with Crippen molar-refractivity contribution in [1.29, 1.82) is 5.26 Å². The smallest absolute Gasteiger partial charge is 0.163 e. The maximum atomic E-state index is 14.0. The summed E-state index contributed by atoms with van der Waals surface area (Å²) in [4.78, 5) is 11.1. The van der Waals surface area contributed by atoms with Gasteiger partial charge in [0.15, 0.2) is 11.5 Å². The van der Waals surface area contributed by atoms with Gasteiger partial charge in [0.1, 0.15) is 29.6 Å². The molecule has 1 fully saturated rings. The van der Waals surface area contributed by atoms with Gasteiger partial charge in [0.25, 0.3) is 0 Å². The molecule has 0 atom stereocenters. The van der Waals surface area contributed by atoms with Gasteiger partial charge in [-0.25, -0.2) is 14.4 Å². The summed E-state index contributed by atoms with van der Waals surface area (Å²) < 4.78 is 25.5. The van der Waals surface area contributed by atoms with Crippen LogP contribution in [0.2, 0.25) is 0 Å². The summed E-state index contributed by atoms with van der Waals surface area (Å²) >= 11 is 0. The Labute approximate surface area is 186 Å². The Morgan fingerprint density at radius 3 is 2.78 bits per heavy atom. The van der Waals surface area contributed by atoms with E-state index in [9.17, 15) is 9.65 Å². The summed E-state index contributed by atoms with van der Waals surface area (Å²) in [6, 6.07) is 9.92. The molecule has 0 spiro atoms. The van der Waals surface area contributed by atoms with Crippen molar-refractivity contribution in [2.45, 2.75) is 25.7 Å². The molecule has 0 radical (unpaired) electrons. The van der Waals surface area contributed by atoms with Crippen molar-refractivity contribution in [1.82, 2.24) is 14.9 Å². The first-order valence-electron chi connectivity index (χ1n) is 10.8. The maximum absolute atomic E-state index is 14.0. The molecule has 2 aromatic carbocycles. The van der Waals surface area contributed by atoms with Gasteiger partial charge in [0.05, 0.1) is 24.9 Å². The fraction of sp³-hybridized carbons (Fsp3) is 0.375. The zero-order valence-electron chi connectivity index (χ0n) is 18.1. The van der Waals surface area contributed by atoms with Crippen LogP contribution >= 0.6 is 0 Å². The van der Waals surface area contributed by atoms with Gasteiger partial charge in [-0.15, -0.1) is 0 Å². The zero-order chi connectivity index (χ0) is 22.3. The SMILES string of the molecule is COc1cc2c(Nc3cccc(F)c3C#N)ncnc2cc1OCCCN1CCCCC1. The van der Waals surface area contributed by atoms with Crippen LogP contribution in [0.5, 0.6) is 11.5 Å². The van der Waals surface area contributed by atoms with E-state index in [2.05, 4.69) is 20.2 Å². The van der Waals surface area contributed by atoms with Crippen LogP contribution in [0.15, 0.2) is 36.7 Å². The summed E-state index contributed by atoms with van der Waals surface area (Å²) in [5.74, 6) is 1.04. The zero-order valence-corrected chi connectivity index (χ0v) is 18.1. The Hall–Kier alpha value is -3.44. The lowest BCUT2D eigenvalue weighted by Crippen LogP contribution is -2.31. The number of nitriles is 1. The van der Waals surface area contributed by atoms with E-state index in [1.165, 1.54) is 50.8 Å². The van der Waals surface area contributed by atoms with Crippen LogP contribution in [0.25, 0.3) is 10.9 Å². The number of methoxy groups -OCH3 is 1. The molecule has 3 aromatic rings. The summed E-state index contributed by atoms with van der Waals surface area (Å²) in [7, 11) is 1.58. The second kappa shape index (κ2) is 10.2. The van der Waals surface area contributed by atoms with E-state index in [0.29, 0.717) is 40.5 Å². The molecule has 32 heavy (non-hydrogen) atoms. The number of nitrogens with zero attached hydrogens (tertiary/aromatic N) is 4. The van der Waals surface area contributed by atoms with Gasteiger partial charge in [-0.05, 0) is 50.6 Å². The van der Waals surface area contributed by atoms with Crippen LogP contribution in [-0.4, -0.2) is 48.2 Å². The first kappa shape index (κ1) is 21.8. The van der Waals surface area contributed by atoms with Crippen molar-refractivity contribution >= 4 is 22.4 Å². The minimum atomic E-state index is -0.589. The topological polar surface area (TPSA) is 83.3 Å². The molecule has 4 rings (SSSR count). The first-order chi connectivity index (χ1) is 15.7. The van der Waals surface area contributed by atoms with Gasteiger partial charge in [0.2, 0.25) is 0 Å². The van der Waals surface area contributed by atoms with Crippen molar-refractivity contribution in [2.75, 3.05) is 38.7 Å². The molecule has 0 unspecified atom stereocenters. The maximum Gasteiger partial charge on any atom is 0.163 e. The summed E-state index contributed by atoms with van der Waals surface area (Å²) in [6.45, 7) is 3.96. The van der Waals surface area contributed by atoms with Gasteiger partial charge in [-0.3, -0.25) is 0 Å². The predicted octanol–water partition coefficient (Wildman–Crippen LogP) is 4.65. The Kier molecular flexibility index (Phi) is 6.97. The molecular formula is C24H26FN5O2. The highest BCUT2D eigenvalue weighted by molar-refractivity contribution is 5.93. The highest BCUT2D eigenvalue weighted by atomic mass is 19.1. The van der Waals surface area contributed by atoms with E-state index in [0.717, 1.165) is 13.0 Å². The molecule has 7 nitrogen and oxygen atoms in total. The largest absolute Gasteiger partial charge is 0.493 e. The second-order valence-corrected chi connectivity index (χ2v) is 7.75. The third kappa shape index (κ3) is 4.89. The molecule has 1 aliphatic rings. The van der Waals surface area contributed by atoms with Crippen LogP contribution in [0.1, 0.15) is 31.2 Å². The van der Waals surface area contributed by atoms with Crippen LogP contribution in [0.4, 0.5) is 15.9 Å². The number of fused-ring (bicyclic) bond motifs is 1. The second-order valence-electron chi connectivity index (χ2n) is 7.75. The number of nitrogens with one attached hydrogen (secondary N) is 1. The Morgan fingerprint density at radius 2 is 2.00 bits per heavy atom. The Bertz CT molecular complexity index is 1130. The van der Waals surface area contributed by atoms with Gasteiger partial charge in [0, 0.05) is 18.0 Å². The molecule has 0 amide bonds. The minimum absolute atomic E-state index is 0.0695. The molecule has 0 bridgehead atoms. The van der Waals surface area contributed by atoms with Gasteiger partial charge in [-0.2, -0.15) is 5.26 Å². The monoisotopic (exact) mass is 435 g/mol. The van der Waals surface area contributed by atoms with Crippen LogP contribution in [0.3, 0.4) is 0 Å². The molecule has 2 heterocycles. The fourth-order valence-electron chi connectivity index (χ4n) is 3.96. The lowest BCUT2D eigenvalue weighted by molar-refractivity contribution is 0.203. The Balaban J connectivity index is 1.52. The number of ether oxygens (including phenoxy) is 2. The van der Waals surface area contributed by atoms with Crippen molar-refractivity contribution in [2.24, 2.45) is 0 Å².